The van der Waals surface area contributed by atoms with Gasteiger partial charge in [0.15, 0.2) is 0 Å². The highest BCUT2D eigenvalue weighted by atomic mass is 16.3. The molecule has 0 radical (unpaired) electrons. The number of hydrogen-bond donors (Lipinski definition) is 0. The van der Waals surface area contributed by atoms with Crippen molar-refractivity contribution in [2.75, 3.05) is 26.2 Å². The minimum atomic E-state index is -0.661. The molecule has 30 heavy (non-hydrogen) atoms. The molecule has 1 aromatic heterocycles. The Bertz CT molecular complexity index is 878. The molecule has 2 aromatic rings. The quantitative estimate of drug-likeness (QED) is 0.630. The summed E-state index contributed by atoms with van der Waals surface area (Å²) in [7, 11) is 0. The molecule has 1 aromatic carbocycles. The zero-order valence-electron chi connectivity index (χ0n) is 18.4. The fourth-order valence-electron chi connectivity index (χ4n) is 4.83. The summed E-state index contributed by atoms with van der Waals surface area (Å²) < 4.78 is 5.98. The molecule has 2 fully saturated rings. The first kappa shape index (κ1) is 20.9. The van der Waals surface area contributed by atoms with Gasteiger partial charge in [0.25, 0.3) is 5.91 Å². The Hall–Kier alpha value is -2.34. The number of amides is 3. The molecule has 2 aliphatic heterocycles. The van der Waals surface area contributed by atoms with Gasteiger partial charge in [-0.1, -0.05) is 45.4 Å². The van der Waals surface area contributed by atoms with E-state index < -0.39 is 5.54 Å². The summed E-state index contributed by atoms with van der Waals surface area (Å²) in [5.41, 5.74) is 0.249. The zero-order chi connectivity index (χ0) is 21.3. The van der Waals surface area contributed by atoms with Gasteiger partial charge in [0.05, 0.1) is 6.54 Å². The molecule has 2 aliphatic rings. The lowest BCUT2D eigenvalue weighted by atomic mass is 9.85. The van der Waals surface area contributed by atoms with E-state index in [0.29, 0.717) is 25.9 Å². The van der Waals surface area contributed by atoms with Gasteiger partial charge in [0.1, 0.15) is 16.9 Å². The summed E-state index contributed by atoms with van der Waals surface area (Å²) in [5.74, 6) is 1.24. The van der Waals surface area contributed by atoms with Crippen molar-refractivity contribution >= 4 is 22.9 Å². The van der Waals surface area contributed by atoms with Crippen molar-refractivity contribution < 1.29 is 14.0 Å². The number of unbranched alkanes of at least 4 members (excludes halogenated alkanes) is 1. The first-order valence-electron chi connectivity index (χ1n) is 11.3. The van der Waals surface area contributed by atoms with Gasteiger partial charge < -0.3 is 9.32 Å². The average Bonchev–Trinajstić information content (AvgIpc) is 3.21. The highest BCUT2D eigenvalue weighted by Crippen LogP contribution is 2.38. The van der Waals surface area contributed by atoms with E-state index in [1.807, 2.05) is 23.1 Å². The molecular formula is C24H33N3O3. The molecular weight excluding hydrogens is 378 g/mol. The van der Waals surface area contributed by atoms with Crippen molar-refractivity contribution in [1.82, 2.24) is 14.7 Å². The maximum Gasteiger partial charge on any atom is 0.327 e. The van der Waals surface area contributed by atoms with Gasteiger partial charge in [-0.25, -0.2) is 4.79 Å². The number of imide groups is 1. The van der Waals surface area contributed by atoms with Crippen molar-refractivity contribution in [2.24, 2.45) is 5.92 Å². The van der Waals surface area contributed by atoms with Crippen LogP contribution >= 0.6 is 0 Å². The number of urea groups is 1. The lowest BCUT2D eigenvalue weighted by molar-refractivity contribution is -0.136. The van der Waals surface area contributed by atoms with E-state index in [-0.39, 0.29) is 17.9 Å². The number of likely N-dealkylation sites (tertiary alicyclic amines) is 1. The Morgan fingerprint density at radius 1 is 1.13 bits per heavy atom. The number of hydrogen-bond acceptors (Lipinski definition) is 4. The molecule has 0 atom stereocenters. The van der Waals surface area contributed by atoms with Gasteiger partial charge in [0, 0.05) is 31.6 Å². The summed E-state index contributed by atoms with van der Waals surface area (Å²) >= 11 is 0. The van der Waals surface area contributed by atoms with E-state index in [0.717, 1.165) is 49.2 Å². The predicted octanol–water partition coefficient (Wildman–Crippen LogP) is 4.49. The van der Waals surface area contributed by atoms with Crippen molar-refractivity contribution in [3.05, 3.63) is 36.1 Å². The second-order valence-electron chi connectivity index (χ2n) is 9.16. The highest BCUT2D eigenvalue weighted by Gasteiger charge is 2.57. The van der Waals surface area contributed by atoms with Crippen molar-refractivity contribution in [3.8, 4) is 0 Å². The molecule has 0 unspecified atom stereocenters. The van der Waals surface area contributed by atoms with Gasteiger partial charge in [-0.2, -0.15) is 0 Å². The number of rotatable bonds is 7. The number of fused-ring (bicyclic) bond motifs is 1. The fraction of sp³-hybridized carbons (Fsp3) is 0.583. The topological polar surface area (TPSA) is 57.0 Å². The number of furan rings is 1. The van der Waals surface area contributed by atoms with Gasteiger partial charge in [-0.05, 0) is 37.3 Å². The molecule has 0 N–H and O–H groups in total. The first-order valence-corrected chi connectivity index (χ1v) is 11.3. The molecule has 3 heterocycles. The standard InChI is InChI=1S/C24H33N3O3/c1-4-5-12-27-23(29)26(16-18(2)3)22(28)24(27)10-13-25(14-11-24)17-20-15-19-8-6-7-9-21(19)30-20/h6-9,15,18H,4-5,10-14,16-17H2,1-3H3. The summed E-state index contributed by atoms with van der Waals surface area (Å²) in [6.07, 6.45) is 3.32. The first-order chi connectivity index (χ1) is 14.4. The van der Waals surface area contributed by atoms with E-state index in [1.54, 1.807) is 0 Å². The average molecular weight is 412 g/mol. The van der Waals surface area contributed by atoms with Gasteiger partial charge in [0.2, 0.25) is 0 Å². The summed E-state index contributed by atoms with van der Waals surface area (Å²) in [6, 6.07) is 10.1. The van der Waals surface area contributed by atoms with Crippen LogP contribution < -0.4 is 0 Å². The van der Waals surface area contributed by atoms with Crippen LogP contribution in [0.5, 0.6) is 0 Å². The van der Waals surface area contributed by atoms with Gasteiger partial charge in [-0.15, -0.1) is 0 Å². The smallest absolute Gasteiger partial charge is 0.327 e. The van der Waals surface area contributed by atoms with Crippen LogP contribution in [0, 0.1) is 5.92 Å². The van der Waals surface area contributed by atoms with E-state index >= 15 is 0 Å². The molecule has 0 bridgehead atoms. The van der Waals surface area contributed by atoms with Crippen LogP contribution in [-0.2, 0) is 11.3 Å². The van der Waals surface area contributed by atoms with Crippen LogP contribution in [0.25, 0.3) is 11.0 Å². The van der Waals surface area contributed by atoms with Gasteiger partial charge in [-0.3, -0.25) is 14.6 Å². The van der Waals surface area contributed by atoms with Crippen LogP contribution in [0.4, 0.5) is 4.79 Å². The summed E-state index contributed by atoms with van der Waals surface area (Å²) in [4.78, 5) is 32.3. The molecule has 0 saturated carbocycles. The highest BCUT2D eigenvalue weighted by molar-refractivity contribution is 6.07. The third-order valence-electron chi connectivity index (χ3n) is 6.44. The third-order valence-corrected chi connectivity index (χ3v) is 6.44. The van der Waals surface area contributed by atoms with E-state index in [2.05, 4.69) is 37.8 Å². The molecule has 4 rings (SSSR count). The lowest BCUT2D eigenvalue weighted by Crippen LogP contribution is -2.56. The maximum absolute atomic E-state index is 13.4. The summed E-state index contributed by atoms with van der Waals surface area (Å²) in [6.45, 7) is 9.70. The van der Waals surface area contributed by atoms with Crippen molar-refractivity contribution in [2.45, 2.75) is 58.5 Å². The molecule has 162 valence electrons. The Morgan fingerprint density at radius 2 is 1.87 bits per heavy atom. The van der Waals surface area contributed by atoms with Crippen LogP contribution in [0.15, 0.2) is 34.7 Å². The minimum Gasteiger partial charge on any atom is -0.460 e. The SMILES string of the molecule is CCCCN1C(=O)N(CC(C)C)C(=O)C12CCN(Cc1cc3ccccc3o1)CC2. The normalized spacial score (nSPS) is 19.7. The summed E-state index contributed by atoms with van der Waals surface area (Å²) in [5, 5.41) is 1.12. The predicted molar refractivity (Wildman–Crippen MR) is 117 cm³/mol. The molecule has 6 heteroatoms. The van der Waals surface area contributed by atoms with Crippen molar-refractivity contribution in [1.29, 1.82) is 0 Å². The van der Waals surface area contributed by atoms with Crippen LogP contribution in [0.2, 0.25) is 0 Å². The number of piperidine rings is 1. The minimum absolute atomic E-state index is 0.0145. The number of nitrogens with zero attached hydrogens (tertiary/aromatic N) is 3. The van der Waals surface area contributed by atoms with E-state index in [1.165, 1.54) is 4.90 Å². The maximum atomic E-state index is 13.4. The zero-order valence-corrected chi connectivity index (χ0v) is 18.4. The number of benzene rings is 1. The van der Waals surface area contributed by atoms with Crippen molar-refractivity contribution in [3.63, 3.8) is 0 Å². The Balaban J connectivity index is 1.48. The monoisotopic (exact) mass is 411 g/mol. The van der Waals surface area contributed by atoms with Crippen LogP contribution in [0.3, 0.4) is 0 Å². The number of para-hydroxylation sites is 1. The Kier molecular flexibility index (Phi) is 5.87. The molecule has 2 saturated heterocycles. The Morgan fingerprint density at radius 3 is 2.53 bits per heavy atom. The van der Waals surface area contributed by atoms with Crippen LogP contribution in [-0.4, -0.2) is 58.4 Å². The fourth-order valence-corrected chi connectivity index (χ4v) is 4.83. The molecule has 1 spiro atoms. The van der Waals surface area contributed by atoms with E-state index in [4.69, 9.17) is 4.42 Å². The molecule has 6 nitrogen and oxygen atoms in total. The molecule has 3 amide bonds. The van der Waals surface area contributed by atoms with Crippen LogP contribution in [0.1, 0.15) is 52.2 Å². The second-order valence-corrected chi connectivity index (χ2v) is 9.16. The Labute approximate surface area is 178 Å². The largest absolute Gasteiger partial charge is 0.460 e. The third kappa shape index (κ3) is 3.73. The molecule has 0 aliphatic carbocycles. The second kappa shape index (κ2) is 8.42. The van der Waals surface area contributed by atoms with E-state index in [9.17, 15) is 9.59 Å². The number of carbonyl (C=O) groups excluding carboxylic acids is 2. The number of carbonyl (C=O) groups is 2. The lowest BCUT2D eigenvalue weighted by Gasteiger charge is -2.42. The van der Waals surface area contributed by atoms with Gasteiger partial charge >= 0.3 is 6.03 Å².